The Bertz CT molecular complexity index is 374. The Hall–Kier alpha value is -1.16. The van der Waals surface area contributed by atoms with E-state index >= 15 is 0 Å². The van der Waals surface area contributed by atoms with Gasteiger partial charge in [0, 0.05) is 30.5 Å². The molecule has 4 heteroatoms. The molecule has 4 nitrogen and oxygen atoms in total. The SMILES string of the molecule is Cc1cc(C(C)C)nc(NCCN(C)C(C)C)n1. The molecule has 0 radical (unpaired) electrons. The highest BCUT2D eigenvalue weighted by Gasteiger charge is 2.06. The molecule has 102 valence electrons. The van der Waals surface area contributed by atoms with Crippen molar-refractivity contribution in [3.63, 3.8) is 0 Å². The van der Waals surface area contributed by atoms with E-state index < -0.39 is 0 Å². The van der Waals surface area contributed by atoms with Crippen LogP contribution in [0.5, 0.6) is 0 Å². The van der Waals surface area contributed by atoms with Crippen LogP contribution in [0.3, 0.4) is 0 Å². The molecule has 0 bridgehead atoms. The first-order chi connectivity index (χ1) is 8.40. The molecule has 0 aliphatic heterocycles. The van der Waals surface area contributed by atoms with Crippen LogP contribution in [0, 0.1) is 6.92 Å². The Morgan fingerprint density at radius 3 is 2.44 bits per heavy atom. The minimum absolute atomic E-state index is 0.436. The average Bonchev–Trinajstić information content (AvgIpc) is 2.27. The van der Waals surface area contributed by atoms with Crippen LogP contribution >= 0.6 is 0 Å². The van der Waals surface area contributed by atoms with Crippen molar-refractivity contribution in [1.82, 2.24) is 14.9 Å². The normalized spacial score (nSPS) is 11.6. The van der Waals surface area contributed by atoms with E-state index in [2.05, 4.69) is 61.0 Å². The second-order valence-corrected chi connectivity index (χ2v) is 5.41. The first kappa shape index (κ1) is 14.9. The molecular formula is C14H26N4. The fourth-order valence-electron chi connectivity index (χ4n) is 1.57. The maximum Gasteiger partial charge on any atom is 0.223 e. The van der Waals surface area contributed by atoms with Gasteiger partial charge >= 0.3 is 0 Å². The second-order valence-electron chi connectivity index (χ2n) is 5.41. The standard InChI is InChI=1S/C14H26N4/c1-10(2)13-9-12(5)16-14(17-13)15-7-8-18(6)11(3)4/h9-11H,7-8H2,1-6H3,(H,15,16,17). The van der Waals surface area contributed by atoms with Gasteiger partial charge in [-0.3, -0.25) is 0 Å². The Morgan fingerprint density at radius 1 is 1.22 bits per heavy atom. The van der Waals surface area contributed by atoms with Crippen LogP contribution in [0.2, 0.25) is 0 Å². The Morgan fingerprint density at radius 2 is 1.89 bits per heavy atom. The topological polar surface area (TPSA) is 41.1 Å². The lowest BCUT2D eigenvalue weighted by atomic mass is 10.1. The Kier molecular flexibility index (Phi) is 5.54. The average molecular weight is 250 g/mol. The Labute approximate surface area is 111 Å². The van der Waals surface area contributed by atoms with Gasteiger partial charge in [0.1, 0.15) is 0 Å². The molecule has 1 N–H and O–H groups in total. The summed E-state index contributed by atoms with van der Waals surface area (Å²) in [5.74, 6) is 1.18. The predicted molar refractivity (Wildman–Crippen MR) is 77.1 cm³/mol. The molecule has 1 rings (SSSR count). The van der Waals surface area contributed by atoms with Gasteiger partial charge in [-0.1, -0.05) is 13.8 Å². The molecule has 0 saturated carbocycles. The summed E-state index contributed by atoms with van der Waals surface area (Å²) in [5.41, 5.74) is 2.12. The molecule has 0 aliphatic carbocycles. The highest BCUT2D eigenvalue weighted by molar-refractivity contribution is 5.29. The van der Waals surface area contributed by atoms with Crippen molar-refractivity contribution in [1.29, 1.82) is 0 Å². The fraction of sp³-hybridized carbons (Fsp3) is 0.714. The lowest BCUT2D eigenvalue weighted by molar-refractivity contribution is 0.284. The van der Waals surface area contributed by atoms with Gasteiger partial charge in [0.25, 0.3) is 0 Å². The molecule has 0 spiro atoms. The Balaban J connectivity index is 2.57. The maximum atomic E-state index is 4.53. The van der Waals surface area contributed by atoms with E-state index in [1.165, 1.54) is 0 Å². The molecule has 0 saturated heterocycles. The third-order valence-electron chi connectivity index (χ3n) is 3.09. The maximum absolute atomic E-state index is 4.53. The van der Waals surface area contributed by atoms with Gasteiger partial charge in [-0.05, 0) is 39.8 Å². The van der Waals surface area contributed by atoms with Crippen molar-refractivity contribution >= 4 is 5.95 Å². The van der Waals surface area contributed by atoms with E-state index in [1.54, 1.807) is 0 Å². The van der Waals surface area contributed by atoms with E-state index in [-0.39, 0.29) is 0 Å². The van der Waals surface area contributed by atoms with Crippen molar-refractivity contribution in [3.05, 3.63) is 17.5 Å². The zero-order chi connectivity index (χ0) is 13.7. The molecule has 0 aliphatic rings. The van der Waals surface area contributed by atoms with Crippen molar-refractivity contribution < 1.29 is 0 Å². The summed E-state index contributed by atoms with van der Waals surface area (Å²) in [5, 5.41) is 3.30. The lowest BCUT2D eigenvalue weighted by Crippen LogP contribution is -2.31. The van der Waals surface area contributed by atoms with Gasteiger partial charge in [0.05, 0.1) is 0 Å². The number of hydrogen-bond donors (Lipinski definition) is 1. The highest BCUT2D eigenvalue weighted by atomic mass is 15.2. The first-order valence-electron chi connectivity index (χ1n) is 6.70. The van der Waals surface area contributed by atoms with Gasteiger partial charge in [0.15, 0.2) is 0 Å². The predicted octanol–water partition coefficient (Wildman–Crippen LogP) is 2.66. The monoisotopic (exact) mass is 250 g/mol. The number of nitrogens with one attached hydrogen (secondary N) is 1. The smallest absolute Gasteiger partial charge is 0.223 e. The van der Waals surface area contributed by atoms with Crippen LogP contribution in [-0.2, 0) is 0 Å². The molecule has 0 unspecified atom stereocenters. The zero-order valence-corrected chi connectivity index (χ0v) is 12.5. The molecule has 0 aromatic carbocycles. The van der Waals surface area contributed by atoms with Crippen molar-refractivity contribution in [2.45, 2.75) is 46.6 Å². The first-order valence-corrected chi connectivity index (χ1v) is 6.70. The van der Waals surface area contributed by atoms with Crippen LogP contribution < -0.4 is 5.32 Å². The summed E-state index contributed by atoms with van der Waals surface area (Å²) in [6.07, 6.45) is 0. The van der Waals surface area contributed by atoms with Crippen LogP contribution in [0.25, 0.3) is 0 Å². The lowest BCUT2D eigenvalue weighted by Gasteiger charge is -2.21. The van der Waals surface area contributed by atoms with Crippen molar-refractivity contribution in [2.75, 3.05) is 25.5 Å². The number of aryl methyl sites for hydroxylation is 1. The second kappa shape index (κ2) is 6.69. The van der Waals surface area contributed by atoms with Crippen LogP contribution in [0.4, 0.5) is 5.95 Å². The number of likely N-dealkylation sites (N-methyl/N-ethyl adjacent to an activating group) is 1. The molecule has 0 fully saturated rings. The summed E-state index contributed by atoms with van der Waals surface area (Å²) in [7, 11) is 2.13. The molecule has 1 aromatic rings. The van der Waals surface area contributed by atoms with E-state index in [0.717, 1.165) is 30.4 Å². The molecule has 0 amide bonds. The van der Waals surface area contributed by atoms with E-state index in [1.807, 2.05) is 6.92 Å². The number of hydrogen-bond acceptors (Lipinski definition) is 4. The van der Waals surface area contributed by atoms with Gasteiger partial charge in [-0.25, -0.2) is 9.97 Å². The third kappa shape index (κ3) is 4.61. The zero-order valence-electron chi connectivity index (χ0n) is 12.5. The number of aromatic nitrogens is 2. The van der Waals surface area contributed by atoms with Gasteiger partial charge in [-0.15, -0.1) is 0 Å². The van der Waals surface area contributed by atoms with Gasteiger partial charge in [0.2, 0.25) is 5.95 Å². The number of anilines is 1. The van der Waals surface area contributed by atoms with E-state index in [0.29, 0.717) is 12.0 Å². The summed E-state index contributed by atoms with van der Waals surface area (Å²) >= 11 is 0. The van der Waals surface area contributed by atoms with E-state index in [9.17, 15) is 0 Å². The molecule has 1 heterocycles. The quantitative estimate of drug-likeness (QED) is 0.842. The summed E-state index contributed by atoms with van der Waals surface area (Å²) in [4.78, 5) is 11.2. The molecule has 1 aromatic heterocycles. The van der Waals surface area contributed by atoms with Crippen LogP contribution in [0.1, 0.15) is 45.0 Å². The van der Waals surface area contributed by atoms with Crippen molar-refractivity contribution in [3.8, 4) is 0 Å². The van der Waals surface area contributed by atoms with Crippen molar-refractivity contribution in [2.24, 2.45) is 0 Å². The number of rotatable bonds is 6. The highest BCUT2D eigenvalue weighted by Crippen LogP contribution is 2.14. The van der Waals surface area contributed by atoms with Gasteiger partial charge in [-0.2, -0.15) is 0 Å². The minimum Gasteiger partial charge on any atom is -0.353 e. The van der Waals surface area contributed by atoms with Crippen LogP contribution in [-0.4, -0.2) is 41.0 Å². The molecule has 0 atom stereocenters. The van der Waals surface area contributed by atoms with Crippen LogP contribution in [0.15, 0.2) is 6.07 Å². The summed E-state index contributed by atoms with van der Waals surface area (Å²) in [6, 6.07) is 2.62. The van der Waals surface area contributed by atoms with E-state index in [4.69, 9.17) is 0 Å². The molecule has 18 heavy (non-hydrogen) atoms. The fourth-order valence-corrected chi connectivity index (χ4v) is 1.57. The molecular weight excluding hydrogens is 224 g/mol. The summed E-state index contributed by atoms with van der Waals surface area (Å²) < 4.78 is 0. The minimum atomic E-state index is 0.436. The largest absolute Gasteiger partial charge is 0.353 e. The van der Waals surface area contributed by atoms with Gasteiger partial charge < -0.3 is 10.2 Å². The number of nitrogens with zero attached hydrogens (tertiary/aromatic N) is 3. The summed E-state index contributed by atoms with van der Waals surface area (Å²) in [6.45, 7) is 12.6. The third-order valence-corrected chi connectivity index (χ3v) is 3.09.